The Kier molecular flexibility index (Phi) is 6.58. The molecule has 7 nitrogen and oxygen atoms in total. The van der Waals surface area contributed by atoms with Crippen molar-refractivity contribution in [2.75, 3.05) is 25.5 Å². The van der Waals surface area contributed by atoms with Crippen LogP contribution in [0.2, 0.25) is 5.02 Å². The zero-order valence-corrected chi connectivity index (χ0v) is 19.2. The summed E-state index contributed by atoms with van der Waals surface area (Å²) in [5.74, 6) is 1.21. The van der Waals surface area contributed by atoms with Crippen LogP contribution in [0.4, 0.5) is 5.13 Å². The second-order valence-electron chi connectivity index (χ2n) is 7.12. The zero-order valence-electron chi connectivity index (χ0n) is 17.6. The van der Waals surface area contributed by atoms with Crippen molar-refractivity contribution in [3.63, 3.8) is 0 Å². The number of ether oxygens (including phenoxy) is 1. The molecule has 3 heterocycles. The third kappa shape index (κ3) is 4.91. The predicted octanol–water partition coefficient (Wildman–Crippen LogP) is 5.01. The van der Waals surface area contributed by atoms with E-state index in [-0.39, 0.29) is 6.04 Å². The number of thiazole rings is 1. The number of nitrogens with one attached hydrogen (secondary N) is 1. The summed E-state index contributed by atoms with van der Waals surface area (Å²) >= 11 is 8.10. The van der Waals surface area contributed by atoms with Gasteiger partial charge in [-0.15, -0.1) is 0 Å². The average molecular weight is 455 g/mol. The molecule has 31 heavy (non-hydrogen) atoms. The molecule has 1 aliphatic heterocycles. The first-order valence-electron chi connectivity index (χ1n) is 10.1. The molecule has 1 aliphatic rings. The lowest BCUT2D eigenvalue weighted by molar-refractivity contribution is 0.415. The average Bonchev–Trinajstić information content (AvgIpc) is 3.27. The summed E-state index contributed by atoms with van der Waals surface area (Å²) in [5.41, 5.74) is 2.94. The fourth-order valence-corrected chi connectivity index (χ4v) is 4.08. The van der Waals surface area contributed by atoms with E-state index >= 15 is 0 Å². The minimum atomic E-state index is 0.163. The Morgan fingerprint density at radius 3 is 2.77 bits per heavy atom. The molecular formula is C22H23ClN6OS. The summed E-state index contributed by atoms with van der Waals surface area (Å²) in [6.45, 7) is 5.64. The number of benzene rings is 1. The molecule has 0 saturated heterocycles. The van der Waals surface area contributed by atoms with Crippen molar-refractivity contribution in [1.82, 2.24) is 15.0 Å². The van der Waals surface area contributed by atoms with Gasteiger partial charge in [-0.05, 0) is 37.6 Å². The Bertz CT molecular complexity index is 1140. The summed E-state index contributed by atoms with van der Waals surface area (Å²) in [6, 6.07) is 7.63. The summed E-state index contributed by atoms with van der Waals surface area (Å²) in [5, 5.41) is 4.74. The Morgan fingerprint density at radius 2 is 2.06 bits per heavy atom. The number of aromatic nitrogens is 3. The van der Waals surface area contributed by atoms with E-state index in [0.29, 0.717) is 34.5 Å². The first-order chi connectivity index (χ1) is 15.1. The van der Waals surface area contributed by atoms with Gasteiger partial charge in [0.05, 0.1) is 47.2 Å². The molecule has 0 amide bonds. The lowest BCUT2D eigenvalue weighted by atomic mass is 10.1. The highest BCUT2D eigenvalue weighted by atomic mass is 35.5. The van der Waals surface area contributed by atoms with Crippen molar-refractivity contribution in [3.8, 4) is 27.6 Å². The van der Waals surface area contributed by atoms with E-state index in [1.807, 2.05) is 31.3 Å². The molecule has 0 saturated carbocycles. The molecule has 0 aliphatic carbocycles. The Labute approximate surface area is 190 Å². The van der Waals surface area contributed by atoms with Crippen LogP contribution in [0.5, 0.6) is 5.75 Å². The molecule has 160 valence electrons. The van der Waals surface area contributed by atoms with Crippen LogP contribution in [0.1, 0.15) is 26.1 Å². The van der Waals surface area contributed by atoms with Crippen molar-refractivity contribution < 1.29 is 4.74 Å². The van der Waals surface area contributed by atoms with Gasteiger partial charge >= 0.3 is 0 Å². The second kappa shape index (κ2) is 9.53. The largest absolute Gasteiger partial charge is 0.497 e. The highest BCUT2D eigenvalue weighted by Crippen LogP contribution is 2.34. The molecule has 0 radical (unpaired) electrons. The fraction of sp³-hybridized carbons (Fsp3) is 0.318. The molecule has 1 N–H and O–H groups in total. The highest BCUT2D eigenvalue weighted by molar-refractivity contribution is 7.18. The Hall–Kier alpha value is -2.84. The smallest absolute Gasteiger partial charge is 0.183 e. The van der Waals surface area contributed by atoms with Gasteiger partial charge in [-0.1, -0.05) is 29.9 Å². The summed E-state index contributed by atoms with van der Waals surface area (Å²) in [6.07, 6.45) is 4.60. The molecule has 0 spiro atoms. The summed E-state index contributed by atoms with van der Waals surface area (Å²) in [7, 11) is 1.61. The zero-order chi connectivity index (χ0) is 21.8. The molecule has 2 aromatic heterocycles. The maximum Gasteiger partial charge on any atom is 0.183 e. The van der Waals surface area contributed by atoms with E-state index in [2.05, 4.69) is 27.2 Å². The molecule has 9 heteroatoms. The minimum Gasteiger partial charge on any atom is -0.497 e. The number of halogens is 1. The third-order valence-electron chi connectivity index (χ3n) is 4.67. The van der Waals surface area contributed by atoms with E-state index in [1.54, 1.807) is 30.7 Å². The highest BCUT2D eigenvalue weighted by Gasteiger charge is 2.17. The fourth-order valence-electron chi connectivity index (χ4n) is 3.01. The van der Waals surface area contributed by atoms with Crippen LogP contribution < -0.4 is 10.1 Å². The van der Waals surface area contributed by atoms with Crippen LogP contribution in [0, 0.1) is 0 Å². The SMILES string of the molecule is CCCNc1ncc(-c2cc(-c3ccc(OC)cc3Cl)nc(C3=NCC(C)N=C3)n2)s1. The van der Waals surface area contributed by atoms with Gasteiger partial charge in [0.15, 0.2) is 11.0 Å². The molecule has 1 aromatic carbocycles. The number of anilines is 1. The quantitative estimate of drug-likeness (QED) is 0.542. The monoisotopic (exact) mass is 454 g/mol. The maximum absolute atomic E-state index is 6.54. The number of hydrogen-bond donors (Lipinski definition) is 1. The van der Waals surface area contributed by atoms with Gasteiger partial charge in [-0.2, -0.15) is 0 Å². The second-order valence-corrected chi connectivity index (χ2v) is 8.56. The lowest BCUT2D eigenvalue weighted by Crippen LogP contribution is -2.19. The Morgan fingerprint density at radius 1 is 1.23 bits per heavy atom. The standard InChI is InChI=1S/C22H23ClN6OS/c1-4-7-24-22-27-12-20(31-22)18-9-17(15-6-5-14(30-3)8-16(15)23)28-21(29-18)19-11-25-13(2)10-26-19/h5-6,8-9,11-13H,4,7,10H2,1-3H3,(H,24,27). The van der Waals surface area contributed by atoms with Crippen molar-refractivity contribution in [2.24, 2.45) is 9.98 Å². The molecule has 0 bridgehead atoms. The van der Waals surface area contributed by atoms with Gasteiger partial charge in [0, 0.05) is 18.3 Å². The van der Waals surface area contributed by atoms with Gasteiger partial charge in [-0.25, -0.2) is 15.0 Å². The van der Waals surface area contributed by atoms with Gasteiger partial charge in [0.1, 0.15) is 11.5 Å². The molecule has 4 rings (SSSR count). The van der Waals surface area contributed by atoms with E-state index in [1.165, 1.54) is 0 Å². The number of nitrogens with zero attached hydrogens (tertiary/aromatic N) is 5. The van der Waals surface area contributed by atoms with E-state index in [9.17, 15) is 0 Å². The maximum atomic E-state index is 6.54. The predicted molar refractivity (Wildman–Crippen MR) is 128 cm³/mol. The first-order valence-corrected chi connectivity index (χ1v) is 11.3. The van der Waals surface area contributed by atoms with Crippen molar-refractivity contribution >= 4 is 40.0 Å². The van der Waals surface area contributed by atoms with Crippen LogP contribution >= 0.6 is 22.9 Å². The number of hydrogen-bond acceptors (Lipinski definition) is 8. The van der Waals surface area contributed by atoms with Gasteiger partial charge in [-0.3, -0.25) is 9.98 Å². The van der Waals surface area contributed by atoms with E-state index in [0.717, 1.165) is 34.2 Å². The number of rotatable bonds is 7. The third-order valence-corrected chi connectivity index (χ3v) is 5.96. The molecule has 1 atom stereocenters. The summed E-state index contributed by atoms with van der Waals surface area (Å²) < 4.78 is 5.28. The van der Waals surface area contributed by atoms with Crippen molar-refractivity contribution in [1.29, 1.82) is 0 Å². The van der Waals surface area contributed by atoms with Gasteiger partial charge in [0.2, 0.25) is 0 Å². The van der Waals surface area contributed by atoms with Crippen LogP contribution in [0.25, 0.3) is 21.8 Å². The molecule has 3 aromatic rings. The van der Waals surface area contributed by atoms with Crippen LogP contribution in [-0.2, 0) is 0 Å². The number of aliphatic imine (C=N–C) groups is 2. The molecular weight excluding hydrogens is 432 g/mol. The van der Waals surface area contributed by atoms with Crippen LogP contribution in [0.3, 0.4) is 0 Å². The normalized spacial score (nSPS) is 15.6. The summed E-state index contributed by atoms with van der Waals surface area (Å²) in [4.78, 5) is 24.0. The van der Waals surface area contributed by atoms with E-state index < -0.39 is 0 Å². The van der Waals surface area contributed by atoms with Crippen molar-refractivity contribution in [3.05, 3.63) is 41.3 Å². The van der Waals surface area contributed by atoms with E-state index in [4.69, 9.17) is 26.3 Å². The topological polar surface area (TPSA) is 84.7 Å². The van der Waals surface area contributed by atoms with Crippen LogP contribution in [-0.4, -0.2) is 53.1 Å². The lowest BCUT2D eigenvalue weighted by Gasteiger charge is -2.13. The van der Waals surface area contributed by atoms with Crippen molar-refractivity contribution in [2.45, 2.75) is 26.3 Å². The first kappa shape index (κ1) is 21.4. The number of methoxy groups -OCH3 is 1. The minimum absolute atomic E-state index is 0.163. The molecule has 0 fully saturated rings. The Balaban J connectivity index is 1.79. The van der Waals surface area contributed by atoms with Gasteiger partial charge in [0.25, 0.3) is 0 Å². The van der Waals surface area contributed by atoms with Gasteiger partial charge < -0.3 is 10.1 Å². The van der Waals surface area contributed by atoms with Crippen LogP contribution in [0.15, 0.2) is 40.4 Å². The molecule has 1 unspecified atom stereocenters.